The minimum atomic E-state index is -0.287. The Hall–Kier alpha value is -2.71. The van der Waals surface area contributed by atoms with Gasteiger partial charge in [0.2, 0.25) is 5.88 Å². The normalized spacial score (nSPS) is 13.6. The molecule has 1 aliphatic rings. The number of fused-ring (bicyclic) bond motifs is 1. The molecule has 1 saturated carbocycles. The van der Waals surface area contributed by atoms with Crippen LogP contribution in [-0.4, -0.2) is 50.5 Å². The summed E-state index contributed by atoms with van der Waals surface area (Å²) < 4.78 is 7.39. The molecule has 3 aromatic rings. The standard InChI is InChI=1S/C20H22ClN5O3/c21-16-8-14(9-24-20(16)29-12-13-2-3-13)10-26-11-15-17(25-26)4-6-22-18(15)19(28)23-5-1-7-27/h4,6,8-9,11,13,27H,1-3,5,7,10,12H2,(H,23,28). The van der Waals surface area contributed by atoms with E-state index in [0.29, 0.717) is 59.5 Å². The quantitative estimate of drug-likeness (QED) is 0.520. The van der Waals surface area contributed by atoms with E-state index >= 15 is 0 Å². The van der Waals surface area contributed by atoms with Crippen LogP contribution < -0.4 is 10.1 Å². The maximum Gasteiger partial charge on any atom is 0.270 e. The molecule has 1 fully saturated rings. The number of nitrogens with one attached hydrogen (secondary N) is 1. The Bertz CT molecular complexity index is 1020. The summed E-state index contributed by atoms with van der Waals surface area (Å²) in [6.45, 7) is 1.53. The molecule has 0 spiro atoms. The van der Waals surface area contributed by atoms with Crippen molar-refractivity contribution in [1.82, 2.24) is 25.1 Å². The second-order valence-electron chi connectivity index (χ2n) is 7.14. The molecule has 8 nitrogen and oxygen atoms in total. The summed E-state index contributed by atoms with van der Waals surface area (Å²) in [5, 5.41) is 17.3. The number of aliphatic hydroxyl groups is 1. The van der Waals surface area contributed by atoms with Gasteiger partial charge in [-0.3, -0.25) is 14.5 Å². The molecule has 2 N–H and O–H groups in total. The fourth-order valence-electron chi connectivity index (χ4n) is 2.95. The maximum atomic E-state index is 12.4. The van der Waals surface area contributed by atoms with Crippen molar-refractivity contribution in [2.24, 2.45) is 5.92 Å². The van der Waals surface area contributed by atoms with Gasteiger partial charge >= 0.3 is 0 Å². The minimum Gasteiger partial charge on any atom is -0.476 e. The molecule has 0 saturated heterocycles. The molecule has 9 heteroatoms. The average Bonchev–Trinajstić information content (AvgIpc) is 3.44. The van der Waals surface area contributed by atoms with Gasteiger partial charge in [0.05, 0.1) is 24.1 Å². The predicted molar refractivity (Wildman–Crippen MR) is 108 cm³/mol. The van der Waals surface area contributed by atoms with Gasteiger partial charge in [-0.15, -0.1) is 0 Å². The second-order valence-corrected chi connectivity index (χ2v) is 7.54. The van der Waals surface area contributed by atoms with Crippen molar-refractivity contribution in [2.45, 2.75) is 25.8 Å². The lowest BCUT2D eigenvalue weighted by molar-refractivity contribution is 0.0948. The van der Waals surface area contributed by atoms with E-state index in [-0.39, 0.29) is 12.5 Å². The van der Waals surface area contributed by atoms with Gasteiger partial charge in [0.25, 0.3) is 5.91 Å². The molecule has 0 aliphatic heterocycles. The van der Waals surface area contributed by atoms with Crippen LogP contribution >= 0.6 is 11.6 Å². The largest absolute Gasteiger partial charge is 0.476 e. The molecule has 0 bridgehead atoms. The van der Waals surface area contributed by atoms with E-state index < -0.39 is 0 Å². The number of amides is 1. The zero-order valence-corrected chi connectivity index (χ0v) is 16.6. The lowest BCUT2D eigenvalue weighted by Crippen LogP contribution is -2.26. The first-order chi connectivity index (χ1) is 14.1. The average molecular weight is 416 g/mol. The number of ether oxygens (including phenoxy) is 1. The SMILES string of the molecule is O=C(NCCCO)c1nccc2nn(Cc3cnc(OCC4CC4)c(Cl)c3)cc12. The van der Waals surface area contributed by atoms with Crippen LogP contribution in [0.3, 0.4) is 0 Å². The van der Waals surface area contributed by atoms with Gasteiger partial charge in [0, 0.05) is 31.7 Å². The van der Waals surface area contributed by atoms with E-state index in [4.69, 9.17) is 21.4 Å². The van der Waals surface area contributed by atoms with Gasteiger partial charge in [-0.2, -0.15) is 5.10 Å². The number of pyridine rings is 2. The van der Waals surface area contributed by atoms with Crippen LogP contribution in [0.2, 0.25) is 5.02 Å². The van der Waals surface area contributed by atoms with Crippen molar-refractivity contribution in [1.29, 1.82) is 0 Å². The van der Waals surface area contributed by atoms with Crippen LogP contribution in [0.1, 0.15) is 35.3 Å². The summed E-state index contributed by atoms with van der Waals surface area (Å²) >= 11 is 6.31. The number of aromatic nitrogens is 4. The highest BCUT2D eigenvalue weighted by molar-refractivity contribution is 6.31. The van der Waals surface area contributed by atoms with Crippen LogP contribution in [0.25, 0.3) is 10.9 Å². The van der Waals surface area contributed by atoms with E-state index in [0.717, 1.165) is 5.56 Å². The summed E-state index contributed by atoms with van der Waals surface area (Å²) in [7, 11) is 0. The lowest BCUT2D eigenvalue weighted by atomic mass is 10.2. The zero-order valence-electron chi connectivity index (χ0n) is 15.8. The summed E-state index contributed by atoms with van der Waals surface area (Å²) in [5.41, 5.74) is 1.87. The van der Waals surface area contributed by atoms with Gasteiger partial charge in [0.15, 0.2) is 0 Å². The molecule has 0 radical (unpaired) electrons. The molecule has 0 aromatic carbocycles. The molecule has 0 unspecified atom stereocenters. The van der Waals surface area contributed by atoms with Crippen molar-refractivity contribution in [3.05, 3.63) is 47.0 Å². The molecule has 29 heavy (non-hydrogen) atoms. The number of nitrogens with zero attached hydrogens (tertiary/aromatic N) is 4. The van der Waals surface area contributed by atoms with E-state index in [1.54, 1.807) is 29.3 Å². The highest BCUT2D eigenvalue weighted by Gasteiger charge is 2.22. The van der Waals surface area contributed by atoms with E-state index in [1.807, 2.05) is 6.07 Å². The summed E-state index contributed by atoms with van der Waals surface area (Å²) in [6.07, 6.45) is 7.98. The third-order valence-electron chi connectivity index (χ3n) is 4.68. The van der Waals surface area contributed by atoms with Crippen molar-refractivity contribution in [3.63, 3.8) is 0 Å². The summed E-state index contributed by atoms with van der Waals surface area (Å²) in [4.78, 5) is 20.9. The topological polar surface area (TPSA) is 102 Å². The number of hydrogen-bond donors (Lipinski definition) is 2. The molecule has 3 aromatic heterocycles. The van der Waals surface area contributed by atoms with Crippen molar-refractivity contribution < 1.29 is 14.6 Å². The number of rotatable bonds is 9. The van der Waals surface area contributed by atoms with E-state index in [1.165, 1.54) is 12.8 Å². The van der Waals surface area contributed by atoms with Crippen LogP contribution in [0.5, 0.6) is 5.88 Å². The Balaban J connectivity index is 1.48. The number of halogens is 1. The fourth-order valence-corrected chi connectivity index (χ4v) is 3.19. The van der Waals surface area contributed by atoms with E-state index in [2.05, 4.69) is 20.4 Å². The molecule has 152 valence electrons. The monoisotopic (exact) mass is 415 g/mol. The fraction of sp³-hybridized carbons (Fsp3) is 0.400. The van der Waals surface area contributed by atoms with Crippen molar-refractivity contribution in [2.75, 3.05) is 19.8 Å². The summed E-state index contributed by atoms with van der Waals surface area (Å²) in [6, 6.07) is 3.58. The Morgan fingerprint density at radius 3 is 3.00 bits per heavy atom. The molecule has 1 aliphatic carbocycles. The predicted octanol–water partition coefficient (Wildman–Crippen LogP) is 2.43. The van der Waals surface area contributed by atoms with Crippen LogP contribution in [0.15, 0.2) is 30.7 Å². The van der Waals surface area contributed by atoms with E-state index in [9.17, 15) is 4.79 Å². The molecule has 4 rings (SSSR count). The minimum absolute atomic E-state index is 0.0247. The Morgan fingerprint density at radius 2 is 2.24 bits per heavy atom. The summed E-state index contributed by atoms with van der Waals surface area (Å²) in [5.74, 6) is 0.803. The molecule has 1 amide bonds. The highest BCUT2D eigenvalue weighted by Crippen LogP contribution is 2.31. The lowest BCUT2D eigenvalue weighted by Gasteiger charge is -2.08. The van der Waals surface area contributed by atoms with Crippen LogP contribution in [0.4, 0.5) is 0 Å². The first-order valence-electron chi connectivity index (χ1n) is 9.62. The third kappa shape index (κ3) is 4.83. The zero-order chi connectivity index (χ0) is 20.2. The Morgan fingerprint density at radius 1 is 1.38 bits per heavy atom. The van der Waals surface area contributed by atoms with Gasteiger partial charge in [0.1, 0.15) is 10.7 Å². The Kier molecular flexibility index (Phi) is 5.92. The second kappa shape index (κ2) is 8.75. The maximum absolute atomic E-state index is 12.4. The van der Waals surface area contributed by atoms with Crippen LogP contribution in [0, 0.1) is 5.92 Å². The first kappa shape index (κ1) is 19.6. The number of carbonyl (C=O) groups excluding carboxylic acids is 1. The Labute approximate surface area is 172 Å². The third-order valence-corrected chi connectivity index (χ3v) is 4.95. The van der Waals surface area contributed by atoms with Crippen LogP contribution in [-0.2, 0) is 6.54 Å². The molecule has 3 heterocycles. The number of aliphatic hydroxyl groups excluding tert-OH is 1. The van der Waals surface area contributed by atoms with Gasteiger partial charge in [-0.05, 0) is 42.9 Å². The number of hydrogen-bond acceptors (Lipinski definition) is 6. The smallest absolute Gasteiger partial charge is 0.270 e. The first-order valence-corrected chi connectivity index (χ1v) is 10.0. The van der Waals surface area contributed by atoms with Crippen molar-refractivity contribution >= 4 is 28.4 Å². The molecular weight excluding hydrogens is 394 g/mol. The molecular formula is C20H22ClN5O3. The number of carbonyl (C=O) groups is 1. The highest BCUT2D eigenvalue weighted by atomic mass is 35.5. The van der Waals surface area contributed by atoms with Gasteiger partial charge < -0.3 is 15.2 Å². The molecule has 0 atom stereocenters. The van der Waals surface area contributed by atoms with Gasteiger partial charge in [-0.1, -0.05) is 11.6 Å². The van der Waals surface area contributed by atoms with Gasteiger partial charge in [-0.25, -0.2) is 4.98 Å². The van der Waals surface area contributed by atoms with Crippen molar-refractivity contribution in [3.8, 4) is 5.88 Å².